The zero-order chi connectivity index (χ0) is 19.4. The van der Waals surface area contributed by atoms with Crippen LogP contribution in [0.25, 0.3) is 12.2 Å². The van der Waals surface area contributed by atoms with Crippen LogP contribution in [0.5, 0.6) is 5.75 Å². The molecular weight excluding hydrogens is 416 g/mol. The van der Waals surface area contributed by atoms with Crippen molar-refractivity contribution in [3.8, 4) is 5.75 Å². The molecular formula is C19H13BrN2O5. The largest absolute Gasteiger partial charge is 0.496 e. The number of carbonyl (C=O) groups is 1. The van der Waals surface area contributed by atoms with Gasteiger partial charge in [-0.15, -0.1) is 0 Å². The maximum Gasteiger partial charge on any atom is 0.363 e. The molecule has 1 aliphatic rings. The second-order valence-electron chi connectivity index (χ2n) is 5.44. The molecule has 2 aromatic rings. The fourth-order valence-electron chi connectivity index (χ4n) is 2.37. The fraction of sp³-hybridized carbons (Fsp3) is 0.0526. The van der Waals surface area contributed by atoms with Gasteiger partial charge in [-0.3, -0.25) is 10.1 Å². The van der Waals surface area contributed by atoms with Crippen LogP contribution in [-0.2, 0) is 9.53 Å². The van der Waals surface area contributed by atoms with Crippen molar-refractivity contribution in [1.82, 2.24) is 0 Å². The number of esters is 1. The van der Waals surface area contributed by atoms with Gasteiger partial charge in [0.05, 0.1) is 12.0 Å². The van der Waals surface area contributed by atoms with Crippen molar-refractivity contribution in [2.24, 2.45) is 4.99 Å². The summed E-state index contributed by atoms with van der Waals surface area (Å²) in [6, 6.07) is 11.5. The summed E-state index contributed by atoms with van der Waals surface area (Å²) >= 11 is 3.37. The van der Waals surface area contributed by atoms with Crippen molar-refractivity contribution in [1.29, 1.82) is 0 Å². The summed E-state index contributed by atoms with van der Waals surface area (Å²) in [5.41, 5.74) is 1.37. The van der Waals surface area contributed by atoms with E-state index >= 15 is 0 Å². The third-order valence-electron chi connectivity index (χ3n) is 3.62. The highest BCUT2D eigenvalue weighted by Crippen LogP contribution is 2.27. The minimum absolute atomic E-state index is 0.0233. The van der Waals surface area contributed by atoms with Crippen LogP contribution in [0.2, 0.25) is 0 Å². The summed E-state index contributed by atoms with van der Waals surface area (Å²) in [6.45, 7) is 0. The molecule has 0 saturated heterocycles. The summed E-state index contributed by atoms with van der Waals surface area (Å²) in [5, 5.41) is 10.8. The van der Waals surface area contributed by atoms with E-state index in [9.17, 15) is 14.9 Å². The molecule has 0 radical (unpaired) electrons. The molecule has 0 amide bonds. The van der Waals surface area contributed by atoms with Crippen LogP contribution in [0.3, 0.4) is 0 Å². The normalized spacial score (nSPS) is 15.1. The van der Waals surface area contributed by atoms with Gasteiger partial charge >= 0.3 is 5.97 Å². The van der Waals surface area contributed by atoms with Crippen LogP contribution < -0.4 is 4.74 Å². The summed E-state index contributed by atoms with van der Waals surface area (Å²) in [6.07, 6.45) is 4.64. The van der Waals surface area contributed by atoms with Crippen LogP contribution in [-0.4, -0.2) is 23.9 Å². The molecule has 7 nitrogen and oxygen atoms in total. The van der Waals surface area contributed by atoms with E-state index in [1.54, 1.807) is 36.4 Å². The molecule has 0 N–H and O–H groups in total. The maximum atomic E-state index is 12.0. The lowest BCUT2D eigenvalue weighted by molar-refractivity contribution is -0.384. The number of non-ortho nitro benzene ring substituents is 1. The number of methoxy groups -OCH3 is 1. The minimum atomic E-state index is -0.587. The quantitative estimate of drug-likeness (QED) is 0.305. The topological polar surface area (TPSA) is 91.0 Å². The monoisotopic (exact) mass is 428 g/mol. The van der Waals surface area contributed by atoms with Gasteiger partial charge in [0.1, 0.15) is 5.75 Å². The number of halogens is 1. The molecule has 0 fully saturated rings. The van der Waals surface area contributed by atoms with Gasteiger partial charge in [-0.25, -0.2) is 9.79 Å². The van der Waals surface area contributed by atoms with Gasteiger partial charge in [-0.2, -0.15) is 0 Å². The zero-order valence-corrected chi connectivity index (χ0v) is 15.7. The molecule has 3 rings (SSSR count). The first kappa shape index (κ1) is 18.5. The first-order chi connectivity index (χ1) is 13.0. The van der Waals surface area contributed by atoms with Crippen molar-refractivity contribution >= 4 is 45.6 Å². The highest BCUT2D eigenvalue weighted by molar-refractivity contribution is 9.10. The number of nitro benzene ring substituents is 1. The number of benzene rings is 2. The predicted molar refractivity (Wildman–Crippen MR) is 104 cm³/mol. The van der Waals surface area contributed by atoms with Crippen LogP contribution in [0, 0.1) is 10.1 Å². The minimum Gasteiger partial charge on any atom is -0.496 e. The second-order valence-corrected chi connectivity index (χ2v) is 6.36. The average molecular weight is 429 g/mol. The van der Waals surface area contributed by atoms with Crippen LogP contribution in [0.4, 0.5) is 5.69 Å². The molecule has 0 unspecified atom stereocenters. The Bertz CT molecular complexity index is 1010. The first-order valence-electron chi connectivity index (χ1n) is 7.75. The lowest BCUT2D eigenvalue weighted by atomic mass is 10.1. The van der Waals surface area contributed by atoms with Crippen molar-refractivity contribution in [2.75, 3.05) is 7.11 Å². The first-order valence-corrected chi connectivity index (χ1v) is 8.54. The van der Waals surface area contributed by atoms with Gasteiger partial charge in [0.15, 0.2) is 5.70 Å². The van der Waals surface area contributed by atoms with Crippen molar-refractivity contribution in [3.63, 3.8) is 0 Å². The molecule has 1 heterocycles. The Balaban J connectivity index is 1.85. The standard InChI is InChI=1S/C19H13BrN2O5/c1-26-17-7-6-14(20)10-13(17)11-16-19(23)27-18(21-16)8-5-12-3-2-4-15(9-12)22(24)25/h2-11H,1H3. The van der Waals surface area contributed by atoms with E-state index in [4.69, 9.17) is 9.47 Å². The van der Waals surface area contributed by atoms with E-state index in [2.05, 4.69) is 20.9 Å². The Morgan fingerprint density at radius 3 is 2.78 bits per heavy atom. The lowest BCUT2D eigenvalue weighted by Crippen LogP contribution is -2.01. The van der Waals surface area contributed by atoms with E-state index in [0.717, 1.165) is 4.47 Å². The molecule has 27 heavy (non-hydrogen) atoms. The molecule has 0 aromatic heterocycles. The van der Waals surface area contributed by atoms with Crippen LogP contribution >= 0.6 is 15.9 Å². The number of carbonyl (C=O) groups excluding carboxylic acids is 1. The number of cyclic esters (lactones) is 1. The van der Waals surface area contributed by atoms with E-state index in [-0.39, 0.29) is 17.3 Å². The maximum absolute atomic E-state index is 12.0. The van der Waals surface area contributed by atoms with E-state index in [1.165, 1.54) is 25.3 Å². The molecule has 2 aromatic carbocycles. The Kier molecular flexibility index (Phi) is 5.46. The highest BCUT2D eigenvalue weighted by Gasteiger charge is 2.21. The Hall–Kier alpha value is -3.26. The number of nitrogens with zero attached hydrogens (tertiary/aromatic N) is 2. The fourth-order valence-corrected chi connectivity index (χ4v) is 2.75. The van der Waals surface area contributed by atoms with E-state index in [1.807, 2.05) is 6.07 Å². The third-order valence-corrected chi connectivity index (χ3v) is 4.11. The molecule has 0 spiro atoms. The summed E-state index contributed by atoms with van der Waals surface area (Å²) in [5.74, 6) is 0.108. The van der Waals surface area contributed by atoms with Crippen molar-refractivity contribution in [3.05, 3.63) is 80.0 Å². The number of hydrogen-bond acceptors (Lipinski definition) is 6. The molecule has 8 heteroatoms. The number of hydrogen-bond donors (Lipinski definition) is 0. The van der Waals surface area contributed by atoms with Gasteiger partial charge in [-0.05, 0) is 35.9 Å². The summed E-state index contributed by atoms with van der Waals surface area (Å²) in [7, 11) is 1.54. The average Bonchev–Trinajstić information content (AvgIpc) is 3.00. The number of aliphatic imine (C=N–C) groups is 1. The van der Waals surface area contributed by atoms with Gasteiger partial charge in [0.25, 0.3) is 5.69 Å². The van der Waals surface area contributed by atoms with Gasteiger partial charge in [0, 0.05) is 28.2 Å². The van der Waals surface area contributed by atoms with Crippen LogP contribution in [0.15, 0.2) is 63.7 Å². The summed E-state index contributed by atoms with van der Waals surface area (Å²) in [4.78, 5) is 26.5. The van der Waals surface area contributed by atoms with Gasteiger partial charge < -0.3 is 9.47 Å². The third kappa shape index (κ3) is 4.48. The van der Waals surface area contributed by atoms with Crippen LogP contribution in [0.1, 0.15) is 11.1 Å². The van der Waals surface area contributed by atoms with Gasteiger partial charge in [-0.1, -0.05) is 28.1 Å². The lowest BCUT2D eigenvalue weighted by Gasteiger charge is -2.04. The Morgan fingerprint density at radius 2 is 2.04 bits per heavy atom. The highest BCUT2D eigenvalue weighted by atomic mass is 79.9. The van der Waals surface area contributed by atoms with E-state index in [0.29, 0.717) is 16.9 Å². The molecule has 0 atom stereocenters. The predicted octanol–water partition coefficient (Wildman–Crippen LogP) is 4.38. The molecule has 0 saturated carbocycles. The molecule has 0 bridgehead atoms. The number of nitro groups is 1. The Morgan fingerprint density at radius 1 is 1.22 bits per heavy atom. The van der Waals surface area contributed by atoms with Crippen molar-refractivity contribution < 1.29 is 19.2 Å². The summed E-state index contributed by atoms with van der Waals surface area (Å²) < 4.78 is 11.2. The Labute approximate surface area is 162 Å². The second kappa shape index (κ2) is 7.96. The zero-order valence-electron chi connectivity index (χ0n) is 14.1. The van der Waals surface area contributed by atoms with Gasteiger partial charge in [0.2, 0.25) is 5.90 Å². The van der Waals surface area contributed by atoms with Crippen molar-refractivity contribution in [2.45, 2.75) is 0 Å². The number of ether oxygens (including phenoxy) is 2. The van der Waals surface area contributed by atoms with E-state index < -0.39 is 10.9 Å². The SMILES string of the molecule is COc1ccc(Br)cc1C=C1N=C(C=Cc2cccc([N+](=O)[O-])c2)OC1=O. The molecule has 136 valence electrons. The smallest absolute Gasteiger partial charge is 0.363 e. The molecule has 1 aliphatic heterocycles. The number of rotatable bonds is 5. The molecule has 0 aliphatic carbocycles.